The fraction of sp³-hybridized carbons (Fsp3) is 0.571. The van der Waals surface area contributed by atoms with E-state index >= 15 is 0 Å². The number of hydrogen-bond acceptors (Lipinski definition) is 5. The van der Waals surface area contributed by atoms with Gasteiger partial charge in [0.2, 0.25) is 5.91 Å². The quantitative estimate of drug-likeness (QED) is 0.630. The Morgan fingerprint density at radius 3 is 2.11 bits per heavy atom. The summed E-state index contributed by atoms with van der Waals surface area (Å²) in [5.41, 5.74) is 0.677. The first kappa shape index (κ1) is 23.6. The van der Waals surface area contributed by atoms with Crippen molar-refractivity contribution in [2.45, 2.75) is 66.2 Å². The topological polar surface area (TPSA) is 105 Å². The summed E-state index contributed by atoms with van der Waals surface area (Å²) in [5.74, 6) is -1.21. The van der Waals surface area contributed by atoms with E-state index in [1.165, 1.54) is 0 Å². The van der Waals surface area contributed by atoms with Crippen LogP contribution in [-0.2, 0) is 20.9 Å². The average molecular weight is 392 g/mol. The molecule has 1 rings (SSSR count). The molecule has 1 aromatic carbocycles. The summed E-state index contributed by atoms with van der Waals surface area (Å²) in [4.78, 5) is 37.0. The number of amides is 2. The van der Waals surface area contributed by atoms with Crippen molar-refractivity contribution in [3.63, 3.8) is 0 Å². The van der Waals surface area contributed by atoms with Crippen LogP contribution in [0.4, 0.5) is 10.5 Å². The Kier molecular flexibility index (Phi) is 8.63. The Labute approximate surface area is 166 Å². The number of nitrogens with one attached hydrogen (secondary N) is 2. The van der Waals surface area contributed by atoms with E-state index in [-0.39, 0.29) is 30.6 Å². The number of benzene rings is 1. The van der Waals surface area contributed by atoms with E-state index in [2.05, 4.69) is 10.6 Å². The van der Waals surface area contributed by atoms with Crippen LogP contribution >= 0.6 is 0 Å². The van der Waals surface area contributed by atoms with Crippen LogP contribution in [0.3, 0.4) is 0 Å². The number of aliphatic hydroxyl groups excluding tert-OH is 1. The number of ether oxygens (including phenoxy) is 1. The van der Waals surface area contributed by atoms with Crippen LogP contribution in [0.2, 0.25) is 0 Å². The summed E-state index contributed by atoms with van der Waals surface area (Å²) in [5, 5.41) is 14.4. The van der Waals surface area contributed by atoms with Gasteiger partial charge >= 0.3 is 6.09 Å². The predicted octanol–water partition coefficient (Wildman–Crippen LogP) is 3.26. The number of hydrogen-bond donors (Lipinski definition) is 3. The molecule has 0 saturated heterocycles. The summed E-state index contributed by atoms with van der Waals surface area (Å²) in [6.07, 6.45) is -0.653. The summed E-state index contributed by atoms with van der Waals surface area (Å²) in [7, 11) is 0. The van der Waals surface area contributed by atoms with Gasteiger partial charge < -0.3 is 20.5 Å². The number of alkyl carbamates (subject to hydrolysis) is 1. The molecular formula is C21H32N2O5. The number of rotatable bonds is 8. The molecule has 0 unspecified atom stereocenters. The zero-order valence-electron chi connectivity index (χ0n) is 17.5. The molecule has 0 heterocycles. The normalized spacial score (nSPS) is 13.6. The van der Waals surface area contributed by atoms with E-state index in [1.54, 1.807) is 52.0 Å². The van der Waals surface area contributed by atoms with Crippen molar-refractivity contribution in [1.29, 1.82) is 0 Å². The molecule has 0 aromatic heterocycles. The van der Waals surface area contributed by atoms with Gasteiger partial charge in [0.25, 0.3) is 0 Å². The van der Waals surface area contributed by atoms with E-state index in [9.17, 15) is 14.4 Å². The third kappa shape index (κ3) is 8.08. The van der Waals surface area contributed by atoms with E-state index in [1.807, 2.05) is 13.8 Å². The lowest BCUT2D eigenvalue weighted by Crippen LogP contribution is -2.47. The third-order valence-corrected chi connectivity index (χ3v) is 4.04. The number of aliphatic hydroxyl groups is 1. The highest BCUT2D eigenvalue weighted by atomic mass is 16.6. The summed E-state index contributed by atoms with van der Waals surface area (Å²) in [6, 6.07) is 6.09. The summed E-state index contributed by atoms with van der Waals surface area (Å²) in [6.45, 7) is 10.5. The minimum Gasteiger partial charge on any atom is -0.444 e. The highest BCUT2D eigenvalue weighted by Crippen LogP contribution is 2.16. The van der Waals surface area contributed by atoms with E-state index in [0.717, 1.165) is 5.56 Å². The zero-order valence-corrected chi connectivity index (χ0v) is 17.5. The van der Waals surface area contributed by atoms with Gasteiger partial charge in [0.05, 0.1) is 12.6 Å². The lowest BCUT2D eigenvalue weighted by Gasteiger charge is -2.25. The van der Waals surface area contributed by atoms with Gasteiger partial charge in [0.15, 0.2) is 5.78 Å². The van der Waals surface area contributed by atoms with Gasteiger partial charge in [-0.15, -0.1) is 0 Å². The minimum atomic E-state index is -0.728. The molecule has 1 aromatic rings. The monoisotopic (exact) mass is 392 g/mol. The molecule has 0 fully saturated rings. The summed E-state index contributed by atoms with van der Waals surface area (Å²) < 4.78 is 5.22. The average Bonchev–Trinajstić information content (AvgIpc) is 2.58. The molecule has 3 N–H and O–H groups in total. The van der Waals surface area contributed by atoms with Gasteiger partial charge in [-0.3, -0.25) is 9.59 Å². The molecule has 28 heavy (non-hydrogen) atoms. The van der Waals surface area contributed by atoms with E-state index < -0.39 is 23.7 Å². The molecule has 7 nitrogen and oxygen atoms in total. The largest absolute Gasteiger partial charge is 0.444 e. The van der Waals surface area contributed by atoms with Crippen molar-refractivity contribution < 1.29 is 24.2 Å². The van der Waals surface area contributed by atoms with Crippen LogP contribution in [0.15, 0.2) is 24.3 Å². The second kappa shape index (κ2) is 10.2. The smallest absolute Gasteiger partial charge is 0.408 e. The lowest BCUT2D eigenvalue weighted by molar-refractivity contribution is -0.127. The number of Topliss-reactive ketones (excluding diaryl/α,β-unsaturated/α-hetero) is 1. The second-order valence-electron chi connectivity index (χ2n) is 8.28. The minimum absolute atomic E-state index is 0.000792. The molecule has 0 bridgehead atoms. The Balaban J connectivity index is 2.67. The van der Waals surface area contributed by atoms with Crippen molar-refractivity contribution in [2.24, 2.45) is 11.8 Å². The molecule has 156 valence electrons. The van der Waals surface area contributed by atoms with Gasteiger partial charge in [-0.25, -0.2) is 4.79 Å². The standard InChI is InChI=1S/C21H32N2O5/c1-13(2)18(23-20(27)28-21(4,5)6)17(25)11-14(3)19(26)22-16-9-7-15(12-24)8-10-16/h7-10,13-14,18,24H,11-12H2,1-6H3,(H,22,26)(H,23,27)/t14-,18+/m1/s1. The van der Waals surface area contributed by atoms with Crippen molar-refractivity contribution in [2.75, 3.05) is 5.32 Å². The molecule has 0 aliphatic rings. The zero-order chi connectivity index (χ0) is 21.5. The van der Waals surface area contributed by atoms with Crippen molar-refractivity contribution in [1.82, 2.24) is 5.32 Å². The van der Waals surface area contributed by atoms with Gasteiger partial charge in [-0.05, 0) is 44.4 Å². The van der Waals surface area contributed by atoms with Gasteiger partial charge in [-0.2, -0.15) is 0 Å². The number of carbonyl (C=O) groups is 3. The molecule has 0 saturated carbocycles. The first-order valence-corrected chi connectivity index (χ1v) is 9.45. The number of anilines is 1. The van der Waals surface area contributed by atoms with Crippen molar-refractivity contribution >= 4 is 23.5 Å². The van der Waals surface area contributed by atoms with Crippen LogP contribution in [0.5, 0.6) is 0 Å². The fourth-order valence-electron chi connectivity index (χ4n) is 2.53. The number of carbonyl (C=O) groups excluding carboxylic acids is 3. The SMILES string of the molecule is CC(C)[C@H](NC(=O)OC(C)(C)C)C(=O)C[C@@H](C)C(=O)Nc1ccc(CO)cc1. The van der Waals surface area contributed by atoms with Gasteiger partial charge in [0.1, 0.15) is 5.60 Å². The highest BCUT2D eigenvalue weighted by molar-refractivity contribution is 5.96. The maximum absolute atomic E-state index is 12.7. The second-order valence-corrected chi connectivity index (χ2v) is 8.28. The van der Waals surface area contributed by atoms with Crippen LogP contribution in [0, 0.1) is 11.8 Å². The Bertz CT molecular complexity index is 677. The molecule has 0 radical (unpaired) electrons. The van der Waals surface area contributed by atoms with Crippen LogP contribution < -0.4 is 10.6 Å². The molecule has 0 aliphatic heterocycles. The number of ketones is 1. The van der Waals surface area contributed by atoms with Gasteiger partial charge in [0, 0.05) is 18.0 Å². The molecule has 7 heteroatoms. The third-order valence-electron chi connectivity index (χ3n) is 4.04. The lowest BCUT2D eigenvalue weighted by atomic mass is 9.93. The maximum Gasteiger partial charge on any atom is 0.408 e. The van der Waals surface area contributed by atoms with E-state index in [4.69, 9.17) is 9.84 Å². The molecular weight excluding hydrogens is 360 g/mol. The first-order valence-electron chi connectivity index (χ1n) is 9.45. The van der Waals surface area contributed by atoms with Crippen molar-refractivity contribution in [3.05, 3.63) is 29.8 Å². The van der Waals surface area contributed by atoms with Crippen LogP contribution in [0.25, 0.3) is 0 Å². The van der Waals surface area contributed by atoms with Crippen LogP contribution in [-0.4, -0.2) is 34.5 Å². The van der Waals surface area contributed by atoms with E-state index in [0.29, 0.717) is 5.69 Å². The van der Waals surface area contributed by atoms with Gasteiger partial charge in [-0.1, -0.05) is 32.9 Å². The molecule has 2 amide bonds. The maximum atomic E-state index is 12.7. The molecule has 2 atom stereocenters. The Hall–Kier alpha value is -2.41. The fourth-order valence-corrected chi connectivity index (χ4v) is 2.53. The Morgan fingerprint density at radius 1 is 1.07 bits per heavy atom. The van der Waals surface area contributed by atoms with Crippen molar-refractivity contribution in [3.8, 4) is 0 Å². The summed E-state index contributed by atoms with van der Waals surface area (Å²) >= 11 is 0. The molecule has 0 spiro atoms. The predicted molar refractivity (Wildman–Crippen MR) is 108 cm³/mol. The highest BCUT2D eigenvalue weighted by Gasteiger charge is 2.29. The van der Waals surface area contributed by atoms with Crippen LogP contribution in [0.1, 0.15) is 53.5 Å². The molecule has 0 aliphatic carbocycles. The first-order chi connectivity index (χ1) is 12.9. The Morgan fingerprint density at radius 2 is 1.64 bits per heavy atom.